The summed E-state index contributed by atoms with van der Waals surface area (Å²) >= 11 is 0. The van der Waals surface area contributed by atoms with Gasteiger partial charge >= 0.3 is 0 Å². The normalized spacial score (nSPS) is 53.5. The van der Waals surface area contributed by atoms with Crippen molar-refractivity contribution in [2.45, 2.75) is 215 Å². The molecule has 0 aromatic rings. The Bertz CT molecular complexity index is 1820. The minimum atomic E-state index is -2.05. The second-order valence-electron chi connectivity index (χ2n) is 19.8. The van der Waals surface area contributed by atoms with Crippen molar-refractivity contribution in [1.29, 1.82) is 0 Å². The first-order valence-corrected chi connectivity index (χ1v) is 24.6. The first-order chi connectivity index (χ1) is 36.8. The summed E-state index contributed by atoms with van der Waals surface area (Å²) in [5.41, 5.74) is 0. The molecule has 7 rings (SSSR count). The fraction of sp³-hybridized carbons (Fsp3) is 1.00. The number of hydrogen-bond donors (Lipinski definition) is 23. The van der Waals surface area contributed by atoms with Crippen molar-refractivity contribution in [3.05, 3.63) is 0 Å². The van der Waals surface area contributed by atoms with E-state index in [4.69, 9.17) is 61.6 Å². The molecule has 78 heavy (non-hydrogen) atoms. The predicted molar refractivity (Wildman–Crippen MR) is 232 cm³/mol. The van der Waals surface area contributed by atoms with Gasteiger partial charge in [-0.25, -0.2) is 0 Å². The van der Waals surface area contributed by atoms with E-state index < -0.39 is 261 Å². The van der Waals surface area contributed by atoms with Crippen LogP contribution in [0.15, 0.2) is 0 Å². The molecule has 7 aliphatic heterocycles. The van der Waals surface area contributed by atoms with Gasteiger partial charge in [0.15, 0.2) is 44.0 Å². The summed E-state index contributed by atoms with van der Waals surface area (Å²) in [4.78, 5) is 0. The second kappa shape index (κ2) is 27.5. The molecule has 0 saturated carbocycles. The summed E-state index contributed by atoms with van der Waals surface area (Å²) in [6.45, 7) is -5.47. The fourth-order valence-corrected chi connectivity index (χ4v) is 9.37. The third-order valence-electron chi connectivity index (χ3n) is 14.4. The van der Waals surface area contributed by atoms with Gasteiger partial charge in [-0.15, -0.1) is 0 Å². The summed E-state index contributed by atoms with van der Waals surface area (Å²) in [5, 5.41) is 240. The summed E-state index contributed by atoms with van der Waals surface area (Å²) in [6.07, 6.45) is -64.5. The number of aliphatic hydroxyl groups is 23. The van der Waals surface area contributed by atoms with Gasteiger partial charge in [0.05, 0.1) is 46.2 Å². The van der Waals surface area contributed by atoms with Gasteiger partial charge in [-0.05, 0) is 0 Å². The standard InChI is InChI=1S/C42H72O36/c43-1-8-15(44)23(52)30(59)37(73-8)67-3-10-17(46)25(54)32(61)39(75-10)69-5-12-19(48)27(56)34(63)41(77-12)71-7-14-21(50)28(57)35(64)42(78-14)70-6-13-20(49)26(55)33(62)40(76-13)68-4-11-18(47)24(53)31(60)38(74-11)66-2-9-16(45)22(51)29(58)36(65)72-9/h8-65H,1-7H2/t8-,9-,10-,11-,12-,13-,14-,15-,16-,17-,18-,19-,20-,21-,22+,23+,24+,25+,26+,27+,28+,29-,30-,31-,32-,33-,34-,35-,36-,37+,38+,39+,40+,41+,42+/m1/s1. The van der Waals surface area contributed by atoms with Gasteiger partial charge in [0.2, 0.25) is 0 Å². The van der Waals surface area contributed by atoms with Crippen LogP contribution in [0.1, 0.15) is 0 Å². The van der Waals surface area contributed by atoms with Crippen LogP contribution in [0.2, 0.25) is 0 Å². The van der Waals surface area contributed by atoms with Crippen molar-refractivity contribution in [1.82, 2.24) is 0 Å². The zero-order valence-corrected chi connectivity index (χ0v) is 40.8. The van der Waals surface area contributed by atoms with E-state index in [-0.39, 0.29) is 0 Å². The molecule has 7 heterocycles. The Morgan fingerprint density at radius 3 is 0.564 bits per heavy atom. The van der Waals surface area contributed by atoms with Crippen molar-refractivity contribution in [3.8, 4) is 0 Å². The molecule has 0 unspecified atom stereocenters. The third-order valence-corrected chi connectivity index (χ3v) is 14.4. The van der Waals surface area contributed by atoms with Gasteiger partial charge in [-0.3, -0.25) is 0 Å². The molecule has 36 heteroatoms. The molecule has 0 aliphatic carbocycles. The first-order valence-electron chi connectivity index (χ1n) is 24.6. The molecule has 23 N–H and O–H groups in total. The van der Waals surface area contributed by atoms with Crippen molar-refractivity contribution < 1.29 is 179 Å². The molecule has 7 saturated heterocycles. The van der Waals surface area contributed by atoms with E-state index in [1.54, 1.807) is 0 Å². The quantitative estimate of drug-likeness (QED) is 0.0571. The lowest BCUT2D eigenvalue weighted by Gasteiger charge is -2.45. The maximum Gasteiger partial charge on any atom is 0.186 e. The molecule has 0 aromatic heterocycles. The molecular formula is C42H72O36. The van der Waals surface area contributed by atoms with Crippen LogP contribution in [0.3, 0.4) is 0 Å². The van der Waals surface area contributed by atoms with Gasteiger partial charge in [0.1, 0.15) is 171 Å². The summed E-state index contributed by atoms with van der Waals surface area (Å²) < 4.78 is 71.0. The third kappa shape index (κ3) is 13.9. The fourth-order valence-electron chi connectivity index (χ4n) is 9.37. The van der Waals surface area contributed by atoms with Crippen LogP contribution in [0.25, 0.3) is 0 Å². The monoisotopic (exact) mass is 1150 g/mol. The molecule has 456 valence electrons. The lowest BCUT2D eigenvalue weighted by atomic mass is 9.97. The lowest BCUT2D eigenvalue weighted by molar-refractivity contribution is -0.353. The Hall–Kier alpha value is -1.44. The largest absolute Gasteiger partial charge is 0.394 e. The van der Waals surface area contributed by atoms with Gasteiger partial charge < -0.3 is 179 Å². The Morgan fingerprint density at radius 1 is 0.192 bits per heavy atom. The maximum absolute atomic E-state index is 10.8. The molecule has 36 nitrogen and oxygen atoms in total. The Kier molecular flexibility index (Phi) is 22.6. The van der Waals surface area contributed by atoms with Crippen molar-refractivity contribution >= 4 is 0 Å². The predicted octanol–water partition coefficient (Wildman–Crippen LogP) is -16.3. The Morgan fingerprint density at radius 2 is 0.359 bits per heavy atom. The topological polar surface area (TPSA) is 585 Å². The Labute approximate surface area is 439 Å². The highest BCUT2D eigenvalue weighted by molar-refractivity contribution is 4.97. The summed E-state index contributed by atoms with van der Waals surface area (Å²) in [6, 6.07) is 0. The lowest BCUT2D eigenvalue weighted by Crippen LogP contribution is -2.63. The smallest absolute Gasteiger partial charge is 0.186 e. The van der Waals surface area contributed by atoms with Crippen LogP contribution >= 0.6 is 0 Å². The maximum atomic E-state index is 10.8. The van der Waals surface area contributed by atoms with Crippen LogP contribution in [0.5, 0.6) is 0 Å². The number of rotatable bonds is 19. The SMILES string of the molecule is OC[C@H]1O[C@H](OC[C@H]2O[C@H](OC[C@H]3O[C@H](OC[C@H]4O[C@H](OC[C@H]5O[C@H](OC[C@H]6O[C@H](OC[C@H]7O[C@@H](O)[C@H](O)[C@@H](O)[C@@H]7O)[C@H](O)[C@@H](O)[C@@H]6O)[C@H](O)[C@@H](O)[C@@H]5O)[C@H](O)[C@@H](O)[C@@H]4O)[C@H](O)[C@@H](O)[C@@H]3O)[C@H](O)[C@@H](O)[C@@H]2O)[C@H](O)[C@@H](O)[C@@H]1O. The van der Waals surface area contributed by atoms with E-state index in [9.17, 15) is 117 Å². The average molecular weight is 1150 g/mol. The molecule has 0 spiro atoms. The zero-order valence-electron chi connectivity index (χ0n) is 40.8. The Balaban J connectivity index is 0.899. The number of ether oxygens (including phenoxy) is 13. The second-order valence-corrected chi connectivity index (χ2v) is 19.8. The van der Waals surface area contributed by atoms with Crippen LogP contribution in [-0.2, 0) is 61.6 Å². The molecule has 0 aromatic carbocycles. The van der Waals surface area contributed by atoms with Crippen molar-refractivity contribution in [2.24, 2.45) is 0 Å². The molecule has 7 aliphatic rings. The highest BCUT2D eigenvalue weighted by atomic mass is 16.8. The van der Waals surface area contributed by atoms with E-state index in [0.29, 0.717) is 0 Å². The number of hydrogen-bond acceptors (Lipinski definition) is 36. The van der Waals surface area contributed by atoms with Crippen LogP contribution in [0, 0.1) is 0 Å². The van der Waals surface area contributed by atoms with E-state index in [2.05, 4.69) is 0 Å². The minimum Gasteiger partial charge on any atom is -0.394 e. The van der Waals surface area contributed by atoms with Gasteiger partial charge in [0.25, 0.3) is 0 Å². The average Bonchev–Trinajstić information content (AvgIpc) is 3.44. The van der Waals surface area contributed by atoms with Gasteiger partial charge in [-0.1, -0.05) is 0 Å². The van der Waals surface area contributed by atoms with Gasteiger partial charge in [0, 0.05) is 0 Å². The highest BCUT2D eigenvalue weighted by Crippen LogP contribution is 2.32. The van der Waals surface area contributed by atoms with E-state index in [1.165, 1.54) is 0 Å². The first kappa shape index (κ1) is 64.1. The van der Waals surface area contributed by atoms with Crippen LogP contribution < -0.4 is 0 Å². The van der Waals surface area contributed by atoms with Crippen molar-refractivity contribution in [3.63, 3.8) is 0 Å². The minimum absolute atomic E-state index is 0.708. The molecule has 0 bridgehead atoms. The number of aliphatic hydroxyl groups excluding tert-OH is 23. The highest BCUT2D eigenvalue weighted by Gasteiger charge is 2.53. The summed E-state index contributed by atoms with van der Waals surface area (Å²) in [5.74, 6) is 0. The van der Waals surface area contributed by atoms with Crippen molar-refractivity contribution in [2.75, 3.05) is 46.2 Å². The van der Waals surface area contributed by atoms with Crippen LogP contribution in [-0.4, -0.2) is 379 Å². The molecule has 35 atom stereocenters. The van der Waals surface area contributed by atoms with Gasteiger partial charge in [-0.2, -0.15) is 0 Å². The van der Waals surface area contributed by atoms with Crippen LogP contribution in [0.4, 0.5) is 0 Å². The molecule has 7 fully saturated rings. The zero-order chi connectivity index (χ0) is 57.3. The molecule has 0 amide bonds. The van der Waals surface area contributed by atoms with E-state index in [0.717, 1.165) is 0 Å². The van der Waals surface area contributed by atoms with E-state index in [1.807, 2.05) is 0 Å². The summed E-state index contributed by atoms with van der Waals surface area (Å²) in [7, 11) is 0. The van der Waals surface area contributed by atoms with E-state index >= 15 is 0 Å². The molecule has 0 radical (unpaired) electrons. The molecular weight excluding hydrogens is 1080 g/mol.